The van der Waals surface area contributed by atoms with E-state index in [1.54, 1.807) is 0 Å². The van der Waals surface area contributed by atoms with Crippen LogP contribution in [0.1, 0.15) is 17.8 Å². The second-order valence-electron chi connectivity index (χ2n) is 5.82. The third-order valence-electron chi connectivity index (χ3n) is 4.11. The maximum Gasteiger partial charge on any atom is 0.227 e. The fraction of sp³-hybridized carbons (Fsp3) is 0.667. The van der Waals surface area contributed by atoms with E-state index in [0.717, 1.165) is 49.9 Å². The summed E-state index contributed by atoms with van der Waals surface area (Å²) >= 11 is 0. The molecule has 0 aliphatic carbocycles. The summed E-state index contributed by atoms with van der Waals surface area (Å²) in [6.45, 7) is 8.27. The fourth-order valence-electron chi connectivity index (χ4n) is 3.03. The van der Waals surface area contributed by atoms with Crippen molar-refractivity contribution in [2.45, 2.75) is 20.3 Å². The number of ether oxygens (including phenoxy) is 1. The van der Waals surface area contributed by atoms with E-state index in [9.17, 15) is 4.79 Å². The van der Waals surface area contributed by atoms with Gasteiger partial charge < -0.3 is 14.5 Å². The molecule has 21 heavy (non-hydrogen) atoms. The van der Waals surface area contributed by atoms with Crippen molar-refractivity contribution < 1.29 is 9.53 Å². The van der Waals surface area contributed by atoms with Crippen molar-refractivity contribution >= 4 is 11.9 Å². The number of nitrogens with zero attached hydrogens (tertiary/aromatic N) is 4. The lowest BCUT2D eigenvalue weighted by atomic mass is 10.1. The Hall–Kier alpha value is -1.69. The first-order valence-electron chi connectivity index (χ1n) is 7.57. The van der Waals surface area contributed by atoms with Crippen LogP contribution in [-0.4, -0.2) is 60.2 Å². The van der Waals surface area contributed by atoms with E-state index in [1.807, 2.05) is 24.8 Å². The largest absolute Gasteiger partial charge is 0.378 e. The summed E-state index contributed by atoms with van der Waals surface area (Å²) in [7, 11) is 0. The number of rotatable bonds is 2. The van der Waals surface area contributed by atoms with Gasteiger partial charge in [0, 0.05) is 37.6 Å². The average molecular weight is 290 g/mol. The van der Waals surface area contributed by atoms with Gasteiger partial charge in [-0.05, 0) is 26.3 Å². The molecule has 1 amide bonds. The lowest BCUT2D eigenvalue weighted by molar-refractivity contribution is -0.138. The van der Waals surface area contributed by atoms with Gasteiger partial charge in [-0.1, -0.05) is 0 Å². The molecule has 1 atom stereocenters. The third kappa shape index (κ3) is 3.15. The summed E-state index contributed by atoms with van der Waals surface area (Å²) < 4.78 is 5.30. The third-order valence-corrected chi connectivity index (χ3v) is 4.11. The summed E-state index contributed by atoms with van der Waals surface area (Å²) in [5, 5.41) is 0. The van der Waals surface area contributed by atoms with Crippen LogP contribution in [0, 0.1) is 19.8 Å². The quantitative estimate of drug-likeness (QED) is 0.805. The van der Waals surface area contributed by atoms with Gasteiger partial charge in [0.15, 0.2) is 0 Å². The van der Waals surface area contributed by atoms with Crippen molar-refractivity contribution in [2.75, 3.05) is 44.3 Å². The number of morpholine rings is 1. The second kappa shape index (κ2) is 5.97. The maximum absolute atomic E-state index is 12.5. The topological polar surface area (TPSA) is 58.6 Å². The highest BCUT2D eigenvalue weighted by atomic mass is 16.5. The molecular formula is C15H22N4O2. The number of hydrogen-bond acceptors (Lipinski definition) is 5. The van der Waals surface area contributed by atoms with Crippen molar-refractivity contribution in [2.24, 2.45) is 5.92 Å². The summed E-state index contributed by atoms with van der Waals surface area (Å²) in [5.41, 5.74) is 1.95. The normalized spacial score (nSPS) is 22.7. The second-order valence-corrected chi connectivity index (χ2v) is 5.82. The summed E-state index contributed by atoms with van der Waals surface area (Å²) in [6.07, 6.45) is 0.881. The Morgan fingerprint density at radius 3 is 2.52 bits per heavy atom. The summed E-state index contributed by atoms with van der Waals surface area (Å²) in [6, 6.07) is 1.97. The zero-order valence-electron chi connectivity index (χ0n) is 12.7. The Bertz CT molecular complexity index is 508. The molecule has 6 heteroatoms. The molecule has 0 aromatic carbocycles. The molecular weight excluding hydrogens is 268 g/mol. The molecule has 114 valence electrons. The molecule has 2 aliphatic heterocycles. The van der Waals surface area contributed by atoms with Gasteiger partial charge in [0.05, 0.1) is 19.1 Å². The van der Waals surface area contributed by atoms with Crippen LogP contribution in [0.2, 0.25) is 0 Å². The number of carbonyl (C=O) groups is 1. The minimum Gasteiger partial charge on any atom is -0.378 e. The van der Waals surface area contributed by atoms with Crippen LogP contribution in [0.3, 0.4) is 0 Å². The SMILES string of the molecule is Cc1cc(C)nc(N2CCC(C(=O)N3CCOCC3)C2)n1. The van der Waals surface area contributed by atoms with Gasteiger partial charge in [-0.25, -0.2) is 9.97 Å². The van der Waals surface area contributed by atoms with E-state index in [-0.39, 0.29) is 11.8 Å². The molecule has 0 bridgehead atoms. The number of amides is 1. The minimum absolute atomic E-state index is 0.0625. The molecule has 0 saturated carbocycles. The van der Waals surface area contributed by atoms with Gasteiger partial charge in [0.25, 0.3) is 0 Å². The molecule has 1 aromatic heterocycles. The van der Waals surface area contributed by atoms with Crippen LogP contribution in [-0.2, 0) is 9.53 Å². The van der Waals surface area contributed by atoms with Crippen molar-refractivity contribution in [1.82, 2.24) is 14.9 Å². The van der Waals surface area contributed by atoms with Gasteiger partial charge in [0.1, 0.15) is 0 Å². The molecule has 3 heterocycles. The van der Waals surface area contributed by atoms with E-state index in [2.05, 4.69) is 14.9 Å². The molecule has 0 N–H and O–H groups in total. The number of aryl methyl sites for hydroxylation is 2. The van der Waals surface area contributed by atoms with Gasteiger partial charge in [-0.15, -0.1) is 0 Å². The zero-order chi connectivity index (χ0) is 14.8. The fourth-order valence-corrected chi connectivity index (χ4v) is 3.03. The molecule has 0 spiro atoms. The molecule has 2 saturated heterocycles. The molecule has 3 rings (SSSR count). The Morgan fingerprint density at radius 1 is 1.19 bits per heavy atom. The molecule has 1 aromatic rings. The lowest BCUT2D eigenvalue weighted by Crippen LogP contribution is -2.44. The van der Waals surface area contributed by atoms with Crippen molar-refractivity contribution in [3.05, 3.63) is 17.5 Å². The Balaban J connectivity index is 1.65. The van der Waals surface area contributed by atoms with E-state index in [4.69, 9.17) is 4.74 Å². The first-order chi connectivity index (χ1) is 10.1. The molecule has 2 fully saturated rings. The first kappa shape index (κ1) is 14.3. The molecule has 2 aliphatic rings. The van der Waals surface area contributed by atoms with Gasteiger partial charge in [-0.3, -0.25) is 4.79 Å². The van der Waals surface area contributed by atoms with E-state index >= 15 is 0 Å². The maximum atomic E-state index is 12.5. The van der Waals surface area contributed by atoms with E-state index in [0.29, 0.717) is 13.2 Å². The summed E-state index contributed by atoms with van der Waals surface area (Å²) in [4.78, 5) is 25.6. The highest BCUT2D eigenvalue weighted by Crippen LogP contribution is 2.23. The monoisotopic (exact) mass is 290 g/mol. The van der Waals surface area contributed by atoms with Crippen LogP contribution < -0.4 is 4.90 Å². The minimum atomic E-state index is 0.0625. The number of aromatic nitrogens is 2. The highest BCUT2D eigenvalue weighted by Gasteiger charge is 2.33. The van der Waals surface area contributed by atoms with Crippen LogP contribution in [0.4, 0.5) is 5.95 Å². The van der Waals surface area contributed by atoms with Crippen LogP contribution in [0.15, 0.2) is 6.07 Å². The Morgan fingerprint density at radius 2 is 1.86 bits per heavy atom. The molecule has 6 nitrogen and oxygen atoms in total. The first-order valence-corrected chi connectivity index (χ1v) is 7.57. The molecule has 0 radical (unpaired) electrons. The van der Waals surface area contributed by atoms with Crippen molar-refractivity contribution in [1.29, 1.82) is 0 Å². The van der Waals surface area contributed by atoms with Crippen LogP contribution in [0.25, 0.3) is 0 Å². The predicted octanol–water partition coefficient (Wildman–Crippen LogP) is 0.779. The van der Waals surface area contributed by atoms with E-state index in [1.165, 1.54) is 0 Å². The summed E-state index contributed by atoms with van der Waals surface area (Å²) in [5.74, 6) is 1.07. The average Bonchev–Trinajstić information content (AvgIpc) is 2.96. The Labute approximate surface area is 125 Å². The standard InChI is InChI=1S/C15H22N4O2/c1-11-9-12(2)17-15(16-11)19-4-3-13(10-19)14(20)18-5-7-21-8-6-18/h9,13H,3-8,10H2,1-2H3. The van der Waals surface area contributed by atoms with Crippen LogP contribution in [0.5, 0.6) is 0 Å². The predicted molar refractivity (Wildman–Crippen MR) is 79.2 cm³/mol. The van der Waals surface area contributed by atoms with Gasteiger partial charge >= 0.3 is 0 Å². The zero-order valence-corrected chi connectivity index (χ0v) is 12.7. The Kier molecular flexibility index (Phi) is 4.05. The molecule has 1 unspecified atom stereocenters. The number of carbonyl (C=O) groups excluding carboxylic acids is 1. The van der Waals surface area contributed by atoms with Crippen molar-refractivity contribution in [3.63, 3.8) is 0 Å². The van der Waals surface area contributed by atoms with Gasteiger partial charge in [0.2, 0.25) is 11.9 Å². The number of anilines is 1. The number of hydrogen-bond donors (Lipinski definition) is 0. The van der Waals surface area contributed by atoms with Gasteiger partial charge in [-0.2, -0.15) is 0 Å². The van der Waals surface area contributed by atoms with Crippen molar-refractivity contribution in [3.8, 4) is 0 Å². The van der Waals surface area contributed by atoms with E-state index < -0.39 is 0 Å². The lowest BCUT2D eigenvalue weighted by Gasteiger charge is -2.29. The smallest absolute Gasteiger partial charge is 0.227 e. The highest BCUT2D eigenvalue weighted by molar-refractivity contribution is 5.80. The van der Waals surface area contributed by atoms with Crippen LogP contribution >= 0.6 is 0 Å².